The number of nitriles is 1. The van der Waals surface area contributed by atoms with Crippen LogP contribution in [0.25, 0.3) is 5.70 Å². The number of nitrogens with zero attached hydrogens (tertiary/aromatic N) is 4. The van der Waals surface area contributed by atoms with Crippen molar-refractivity contribution in [2.75, 3.05) is 29.9 Å². The number of hydrogen-bond acceptors (Lipinski definition) is 6. The molecule has 0 fully saturated rings. The van der Waals surface area contributed by atoms with E-state index >= 15 is 0 Å². The van der Waals surface area contributed by atoms with Gasteiger partial charge in [0.25, 0.3) is 0 Å². The van der Waals surface area contributed by atoms with Crippen molar-refractivity contribution in [3.8, 4) is 6.07 Å². The molecule has 6 nitrogen and oxygen atoms in total. The second-order valence-corrected chi connectivity index (χ2v) is 7.45. The zero-order chi connectivity index (χ0) is 22.1. The molecular weight excluding hydrogens is 372 g/mol. The van der Waals surface area contributed by atoms with E-state index in [9.17, 15) is 5.26 Å². The summed E-state index contributed by atoms with van der Waals surface area (Å²) in [5.41, 5.74) is 5.01. The highest BCUT2D eigenvalue weighted by Crippen LogP contribution is 2.27. The fourth-order valence-corrected chi connectivity index (χ4v) is 3.24. The minimum Gasteiger partial charge on any atom is -0.385 e. The van der Waals surface area contributed by atoms with Crippen LogP contribution in [-0.4, -0.2) is 29.6 Å². The van der Waals surface area contributed by atoms with E-state index in [4.69, 9.17) is 4.98 Å². The van der Waals surface area contributed by atoms with Crippen molar-refractivity contribution in [3.63, 3.8) is 0 Å². The van der Waals surface area contributed by atoms with Gasteiger partial charge in [0.2, 0.25) is 5.95 Å². The molecule has 0 aliphatic carbocycles. The van der Waals surface area contributed by atoms with Crippen LogP contribution in [0.15, 0.2) is 24.8 Å². The predicted octanol–water partition coefficient (Wildman–Crippen LogP) is 5.31. The van der Waals surface area contributed by atoms with Gasteiger partial charge in [0.05, 0.1) is 5.69 Å². The smallest absolute Gasteiger partial charge is 0.227 e. The number of hydrogen-bond donors (Lipinski definition) is 2. The van der Waals surface area contributed by atoms with Gasteiger partial charge >= 0.3 is 0 Å². The third-order valence-electron chi connectivity index (χ3n) is 4.98. The number of aryl methyl sites for hydroxylation is 2. The van der Waals surface area contributed by atoms with Gasteiger partial charge in [-0.15, -0.1) is 0 Å². The normalized spacial score (nSPS) is 10.4. The lowest BCUT2D eigenvalue weighted by Crippen LogP contribution is -2.28. The maximum Gasteiger partial charge on any atom is 0.227 e. The van der Waals surface area contributed by atoms with E-state index in [0.29, 0.717) is 23.0 Å². The van der Waals surface area contributed by atoms with Crippen LogP contribution in [0.3, 0.4) is 0 Å². The Bertz CT molecular complexity index is 913. The molecule has 1 heterocycles. The molecule has 1 aromatic carbocycles. The molecule has 1 aromatic heterocycles. The Hall–Kier alpha value is -3.07. The maximum absolute atomic E-state index is 9.73. The lowest BCUT2D eigenvalue weighted by molar-refractivity contribution is 0.685. The van der Waals surface area contributed by atoms with Crippen molar-refractivity contribution >= 4 is 23.2 Å². The lowest BCUT2D eigenvalue weighted by Gasteiger charge is -2.23. The van der Waals surface area contributed by atoms with E-state index in [1.54, 1.807) is 0 Å². The van der Waals surface area contributed by atoms with Gasteiger partial charge in [-0.25, -0.2) is 4.98 Å². The first-order chi connectivity index (χ1) is 14.4. The molecular formula is C24H34N6. The van der Waals surface area contributed by atoms with Gasteiger partial charge in [-0.05, 0) is 50.8 Å². The Morgan fingerprint density at radius 3 is 2.53 bits per heavy atom. The van der Waals surface area contributed by atoms with E-state index in [0.717, 1.165) is 61.4 Å². The molecule has 0 amide bonds. The van der Waals surface area contributed by atoms with Crippen molar-refractivity contribution in [3.05, 3.63) is 47.2 Å². The van der Waals surface area contributed by atoms with Gasteiger partial charge in [-0.1, -0.05) is 39.0 Å². The van der Waals surface area contributed by atoms with Gasteiger partial charge in [0.1, 0.15) is 11.6 Å². The van der Waals surface area contributed by atoms with Crippen molar-refractivity contribution in [2.24, 2.45) is 0 Å². The number of anilines is 3. The van der Waals surface area contributed by atoms with Crippen molar-refractivity contribution in [1.29, 1.82) is 5.26 Å². The Kier molecular flexibility index (Phi) is 8.67. The summed E-state index contributed by atoms with van der Waals surface area (Å²) in [6.07, 6.45) is 3.21. The lowest BCUT2D eigenvalue weighted by atomic mass is 10.1. The number of aromatic nitrogens is 2. The minimum absolute atomic E-state index is 0.473. The monoisotopic (exact) mass is 406 g/mol. The highest BCUT2D eigenvalue weighted by molar-refractivity contribution is 5.72. The fraction of sp³-hybridized carbons (Fsp3) is 0.458. The van der Waals surface area contributed by atoms with Gasteiger partial charge in [0, 0.05) is 31.0 Å². The molecule has 0 aliphatic rings. The van der Waals surface area contributed by atoms with E-state index in [1.165, 1.54) is 0 Å². The van der Waals surface area contributed by atoms with Crippen LogP contribution in [0.2, 0.25) is 0 Å². The second kappa shape index (κ2) is 11.2. The van der Waals surface area contributed by atoms with E-state index in [-0.39, 0.29) is 0 Å². The number of unbranched alkanes of at least 4 members (excludes halogenated alkanes) is 1. The summed E-state index contributed by atoms with van der Waals surface area (Å²) in [5.74, 6) is 1.22. The Labute approximate surface area is 181 Å². The Morgan fingerprint density at radius 1 is 1.13 bits per heavy atom. The van der Waals surface area contributed by atoms with Gasteiger partial charge in [-0.2, -0.15) is 10.2 Å². The highest BCUT2D eigenvalue weighted by atomic mass is 15.3. The third kappa shape index (κ3) is 5.73. The average Bonchev–Trinajstić information content (AvgIpc) is 2.72. The van der Waals surface area contributed by atoms with Crippen LogP contribution >= 0.6 is 0 Å². The molecule has 0 saturated heterocycles. The minimum atomic E-state index is 0.473. The Balaban J connectivity index is 2.46. The molecule has 0 bridgehead atoms. The van der Waals surface area contributed by atoms with Gasteiger partial charge < -0.3 is 15.5 Å². The molecule has 2 rings (SSSR count). The zero-order valence-electron chi connectivity index (χ0n) is 19.0. The summed E-state index contributed by atoms with van der Waals surface area (Å²) in [6, 6.07) is 8.40. The quantitative estimate of drug-likeness (QED) is 0.527. The summed E-state index contributed by atoms with van der Waals surface area (Å²) in [5, 5.41) is 16.4. The van der Waals surface area contributed by atoms with Gasteiger partial charge in [0.15, 0.2) is 5.82 Å². The number of benzene rings is 1. The SMILES string of the molecule is C=C(NCC)c1ccc(C)c(Nc2nc(N(CCC)CCCC)nc(C)c2C#N)c1. The summed E-state index contributed by atoms with van der Waals surface area (Å²) in [7, 11) is 0. The summed E-state index contributed by atoms with van der Waals surface area (Å²) in [6.45, 7) is 17.0. The molecule has 0 spiro atoms. The van der Waals surface area contributed by atoms with Crippen LogP contribution in [0.1, 0.15) is 62.4 Å². The molecule has 0 aliphatic heterocycles. The molecule has 6 heteroatoms. The maximum atomic E-state index is 9.73. The molecule has 0 atom stereocenters. The van der Waals surface area contributed by atoms with Crippen LogP contribution in [0.5, 0.6) is 0 Å². The first-order valence-corrected chi connectivity index (χ1v) is 10.8. The van der Waals surface area contributed by atoms with Crippen molar-refractivity contribution in [2.45, 2.75) is 53.9 Å². The van der Waals surface area contributed by atoms with Crippen LogP contribution in [-0.2, 0) is 0 Å². The topological polar surface area (TPSA) is 76.9 Å². The average molecular weight is 407 g/mol. The highest BCUT2D eigenvalue weighted by Gasteiger charge is 2.17. The first kappa shape index (κ1) is 23.2. The summed E-state index contributed by atoms with van der Waals surface area (Å²) < 4.78 is 0. The first-order valence-electron chi connectivity index (χ1n) is 10.8. The number of rotatable bonds is 11. The van der Waals surface area contributed by atoms with Crippen LogP contribution in [0.4, 0.5) is 17.5 Å². The zero-order valence-corrected chi connectivity index (χ0v) is 19.0. The van der Waals surface area contributed by atoms with E-state index < -0.39 is 0 Å². The molecule has 0 unspecified atom stereocenters. The third-order valence-corrected chi connectivity index (χ3v) is 4.98. The molecule has 2 N–H and O–H groups in total. The largest absolute Gasteiger partial charge is 0.385 e. The van der Waals surface area contributed by atoms with Crippen LogP contribution < -0.4 is 15.5 Å². The fourth-order valence-electron chi connectivity index (χ4n) is 3.24. The number of nitrogens with one attached hydrogen (secondary N) is 2. The van der Waals surface area contributed by atoms with Crippen molar-refractivity contribution < 1.29 is 0 Å². The summed E-state index contributed by atoms with van der Waals surface area (Å²) in [4.78, 5) is 11.6. The molecule has 0 saturated carbocycles. The van der Waals surface area contributed by atoms with Gasteiger partial charge in [-0.3, -0.25) is 0 Å². The molecule has 30 heavy (non-hydrogen) atoms. The van der Waals surface area contributed by atoms with E-state index in [1.807, 2.05) is 39.0 Å². The van der Waals surface area contributed by atoms with Crippen LogP contribution in [0, 0.1) is 25.2 Å². The Morgan fingerprint density at radius 2 is 1.90 bits per heavy atom. The predicted molar refractivity (Wildman–Crippen MR) is 126 cm³/mol. The molecule has 0 radical (unpaired) electrons. The molecule has 160 valence electrons. The van der Waals surface area contributed by atoms with Crippen molar-refractivity contribution in [1.82, 2.24) is 15.3 Å². The second-order valence-electron chi connectivity index (χ2n) is 7.45. The molecule has 2 aromatic rings. The van der Waals surface area contributed by atoms with E-state index in [2.05, 4.69) is 47.0 Å². The summed E-state index contributed by atoms with van der Waals surface area (Å²) >= 11 is 0. The standard InChI is InChI=1S/C24H34N6/c1-7-10-14-30(13-8-2)24-27-19(6)21(16-25)23(29-24)28-22-15-20(12-11-17(22)4)18(5)26-9-3/h11-12,15,26H,5,7-10,13-14H2,1-4,6H3,(H,27,28,29).